The highest BCUT2D eigenvalue weighted by Gasteiger charge is 2.59. The first-order chi connectivity index (χ1) is 16.9. The molecule has 2 aliphatic rings. The van der Waals surface area contributed by atoms with Gasteiger partial charge >= 0.3 is 0 Å². The lowest BCUT2D eigenvalue weighted by atomic mass is 9.83. The lowest BCUT2D eigenvalue weighted by Gasteiger charge is -2.34. The molecule has 0 spiro atoms. The first-order valence-electron chi connectivity index (χ1n) is 11.2. The molecule has 8 heteroatoms. The number of carbonyl (C=O) groups excluding carboxylic acids is 1. The monoisotopic (exact) mass is 490 g/mol. The predicted octanol–water partition coefficient (Wildman–Crippen LogP) is 5.25. The highest BCUT2D eigenvalue weighted by Crippen LogP contribution is 2.48. The van der Waals surface area contributed by atoms with Gasteiger partial charge in [0.25, 0.3) is 0 Å². The Labute approximate surface area is 207 Å². The standard InChI is InChI=1S/C27H23ClN2O5/c1-34-22-14-10-18(15-23(22)35-2)24-25(30(32)33)21-13-9-16-5-3-4-6-20(16)29(21)26(24)27(31)17-7-11-19(28)12-8-17/h3-15,21,24-26H,1-2H3/t21-,24-,25-,26-/m0/s1. The number of hydrogen-bond acceptors (Lipinski definition) is 6. The van der Waals surface area contributed by atoms with E-state index in [1.807, 2.05) is 41.3 Å². The average Bonchev–Trinajstić information content (AvgIpc) is 3.24. The van der Waals surface area contributed by atoms with E-state index in [4.69, 9.17) is 21.1 Å². The molecule has 4 atom stereocenters. The number of nitrogens with zero attached hydrogens (tertiary/aromatic N) is 2. The van der Waals surface area contributed by atoms with Gasteiger partial charge in [-0.15, -0.1) is 0 Å². The fraction of sp³-hybridized carbons (Fsp3) is 0.222. The van der Waals surface area contributed by atoms with Crippen molar-refractivity contribution in [3.63, 3.8) is 0 Å². The molecule has 1 saturated heterocycles. The van der Waals surface area contributed by atoms with Crippen LogP contribution < -0.4 is 14.4 Å². The minimum absolute atomic E-state index is 0.207. The van der Waals surface area contributed by atoms with Crippen LogP contribution in [-0.4, -0.2) is 43.1 Å². The van der Waals surface area contributed by atoms with Gasteiger partial charge in [0.05, 0.1) is 20.1 Å². The van der Waals surface area contributed by atoms with Crippen LogP contribution in [0.3, 0.4) is 0 Å². The van der Waals surface area contributed by atoms with Gasteiger partial charge in [-0.3, -0.25) is 14.9 Å². The number of ketones is 1. The maximum Gasteiger partial charge on any atom is 0.245 e. The molecular formula is C27H23ClN2O5. The number of fused-ring (bicyclic) bond motifs is 3. The van der Waals surface area contributed by atoms with Gasteiger partial charge in [-0.2, -0.15) is 0 Å². The van der Waals surface area contributed by atoms with Gasteiger partial charge in [0.1, 0.15) is 12.1 Å². The van der Waals surface area contributed by atoms with Crippen molar-refractivity contribution in [3.05, 3.63) is 105 Å². The van der Waals surface area contributed by atoms with Crippen molar-refractivity contribution in [3.8, 4) is 11.5 Å². The van der Waals surface area contributed by atoms with Crippen molar-refractivity contribution in [2.24, 2.45) is 0 Å². The summed E-state index contributed by atoms with van der Waals surface area (Å²) in [6.45, 7) is 0. The Balaban J connectivity index is 1.72. The Kier molecular flexibility index (Phi) is 5.94. The fourth-order valence-electron chi connectivity index (χ4n) is 5.27. The smallest absolute Gasteiger partial charge is 0.245 e. The lowest BCUT2D eigenvalue weighted by Crippen LogP contribution is -2.44. The van der Waals surface area contributed by atoms with E-state index in [1.165, 1.54) is 14.2 Å². The lowest BCUT2D eigenvalue weighted by molar-refractivity contribution is -0.524. The summed E-state index contributed by atoms with van der Waals surface area (Å²) in [5.74, 6) is 0.00995. The van der Waals surface area contributed by atoms with Gasteiger partial charge in [-0.05, 0) is 53.6 Å². The van der Waals surface area contributed by atoms with Crippen LogP contribution in [0.15, 0.2) is 72.8 Å². The third-order valence-electron chi connectivity index (χ3n) is 6.80. The molecule has 0 unspecified atom stereocenters. The topological polar surface area (TPSA) is 81.9 Å². The molecule has 2 heterocycles. The number of para-hydroxylation sites is 1. The van der Waals surface area contributed by atoms with Crippen molar-refractivity contribution >= 4 is 29.1 Å². The number of benzene rings is 3. The van der Waals surface area contributed by atoms with Gasteiger partial charge in [0, 0.05) is 21.2 Å². The molecular weight excluding hydrogens is 468 g/mol. The number of rotatable bonds is 6. The predicted molar refractivity (Wildman–Crippen MR) is 134 cm³/mol. The van der Waals surface area contributed by atoms with E-state index < -0.39 is 24.0 Å². The van der Waals surface area contributed by atoms with Crippen LogP contribution in [0.5, 0.6) is 11.5 Å². The Hall–Kier alpha value is -3.84. The molecule has 0 N–H and O–H groups in total. The summed E-state index contributed by atoms with van der Waals surface area (Å²) >= 11 is 6.06. The summed E-state index contributed by atoms with van der Waals surface area (Å²) in [6, 6.07) is 17.0. The number of methoxy groups -OCH3 is 2. The third-order valence-corrected chi connectivity index (χ3v) is 7.05. The van der Waals surface area contributed by atoms with Crippen LogP contribution in [0.1, 0.15) is 27.4 Å². The van der Waals surface area contributed by atoms with E-state index in [0.717, 1.165) is 11.3 Å². The first-order valence-corrected chi connectivity index (χ1v) is 11.5. The van der Waals surface area contributed by atoms with Crippen LogP contribution in [-0.2, 0) is 0 Å². The van der Waals surface area contributed by atoms with Crippen LogP contribution in [0.25, 0.3) is 6.08 Å². The number of anilines is 1. The zero-order valence-corrected chi connectivity index (χ0v) is 19.9. The molecule has 2 aliphatic heterocycles. The summed E-state index contributed by atoms with van der Waals surface area (Å²) in [5, 5.41) is 13.1. The summed E-state index contributed by atoms with van der Waals surface area (Å²) in [7, 11) is 3.04. The molecule has 5 rings (SSSR count). The summed E-state index contributed by atoms with van der Waals surface area (Å²) in [6.07, 6.45) is 3.73. The SMILES string of the molecule is COc1ccc([C@H]2[C@@H]([N+](=O)[O-])[C@@H]3C=Cc4ccccc4N3[C@@H]2C(=O)c2ccc(Cl)cc2)cc1OC. The second-order valence-electron chi connectivity index (χ2n) is 8.55. The fourth-order valence-corrected chi connectivity index (χ4v) is 5.40. The molecule has 0 aliphatic carbocycles. The summed E-state index contributed by atoms with van der Waals surface area (Å²) in [5.41, 5.74) is 2.78. The number of Topliss-reactive ketones (excluding diaryl/α,β-unsaturated/α-hetero) is 1. The molecule has 7 nitrogen and oxygen atoms in total. The molecule has 0 aromatic heterocycles. The highest BCUT2D eigenvalue weighted by atomic mass is 35.5. The Morgan fingerprint density at radius 3 is 2.40 bits per heavy atom. The van der Waals surface area contributed by atoms with Gasteiger partial charge in [-0.25, -0.2) is 0 Å². The molecule has 1 fully saturated rings. The van der Waals surface area contributed by atoms with Gasteiger partial charge in [0.15, 0.2) is 17.3 Å². The second-order valence-corrected chi connectivity index (χ2v) is 8.98. The number of ether oxygens (including phenoxy) is 2. The second kappa shape index (κ2) is 9.07. The van der Waals surface area contributed by atoms with Gasteiger partial charge in [-0.1, -0.05) is 48.0 Å². The quantitative estimate of drug-likeness (QED) is 0.266. The highest BCUT2D eigenvalue weighted by molar-refractivity contribution is 6.30. The van der Waals surface area contributed by atoms with E-state index >= 15 is 0 Å². The van der Waals surface area contributed by atoms with E-state index in [2.05, 4.69) is 0 Å². The molecule has 3 aromatic carbocycles. The average molecular weight is 491 g/mol. The summed E-state index contributed by atoms with van der Waals surface area (Å²) < 4.78 is 10.8. The van der Waals surface area contributed by atoms with Crippen molar-refractivity contribution in [2.45, 2.75) is 24.0 Å². The zero-order valence-electron chi connectivity index (χ0n) is 19.1. The Bertz CT molecular complexity index is 1320. The molecule has 3 aromatic rings. The van der Waals surface area contributed by atoms with Crippen molar-refractivity contribution in [2.75, 3.05) is 19.1 Å². The van der Waals surface area contributed by atoms with Crippen LogP contribution in [0.4, 0.5) is 5.69 Å². The molecule has 178 valence electrons. The largest absolute Gasteiger partial charge is 0.493 e. The minimum Gasteiger partial charge on any atom is -0.493 e. The van der Waals surface area contributed by atoms with Crippen LogP contribution in [0, 0.1) is 10.1 Å². The zero-order chi connectivity index (χ0) is 24.7. The molecule has 0 radical (unpaired) electrons. The number of halogens is 1. The van der Waals surface area contributed by atoms with Crippen molar-refractivity contribution < 1.29 is 19.2 Å². The third kappa shape index (κ3) is 3.82. The molecule has 0 amide bonds. The molecule has 0 saturated carbocycles. The Morgan fingerprint density at radius 2 is 1.71 bits per heavy atom. The normalized spacial score (nSPS) is 22.3. The maximum atomic E-state index is 14.1. The number of nitro groups is 1. The minimum atomic E-state index is -1.06. The maximum absolute atomic E-state index is 14.1. The first kappa shape index (κ1) is 22.9. The van der Waals surface area contributed by atoms with E-state index in [-0.39, 0.29) is 10.7 Å². The summed E-state index contributed by atoms with van der Waals surface area (Å²) in [4.78, 5) is 28.2. The molecule has 0 bridgehead atoms. The van der Waals surface area contributed by atoms with Gasteiger partial charge < -0.3 is 14.4 Å². The van der Waals surface area contributed by atoms with E-state index in [0.29, 0.717) is 27.6 Å². The Morgan fingerprint density at radius 1 is 1.00 bits per heavy atom. The van der Waals surface area contributed by atoms with Crippen LogP contribution >= 0.6 is 11.6 Å². The molecule has 35 heavy (non-hydrogen) atoms. The van der Waals surface area contributed by atoms with Crippen molar-refractivity contribution in [1.82, 2.24) is 0 Å². The van der Waals surface area contributed by atoms with E-state index in [1.54, 1.807) is 42.5 Å². The number of hydrogen-bond donors (Lipinski definition) is 0. The van der Waals surface area contributed by atoms with E-state index in [9.17, 15) is 14.9 Å². The van der Waals surface area contributed by atoms with Crippen molar-refractivity contribution in [1.29, 1.82) is 0 Å². The van der Waals surface area contributed by atoms with Crippen LogP contribution in [0.2, 0.25) is 5.02 Å². The number of carbonyl (C=O) groups is 1. The van der Waals surface area contributed by atoms with Gasteiger partial charge in [0.2, 0.25) is 6.04 Å².